The molecule has 2 aromatic carbocycles. The van der Waals surface area contributed by atoms with E-state index in [4.69, 9.17) is 16.3 Å². The van der Waals surface area contributed by atoms with Gasteiger partial charge in [-0.3, -0.25) is 4.79 Å². The van der Waals surface area contributed by atoms with Gasteiger partial charge in [0.2, 0.25) is 5.91 Å². The third-order valence-electron chi connectivity index (χ3n) is 8.30. The van der Waals surface area contributed by atoms with Crippen molar-refractivity contribution in [3.63, 3.8) is 0 Å². The summed E-state index contributed by atoms with van der Waals surface area (Å²) in [5.41, 5.74) is 0.861. The first kappa shape index (κ1) is 26.6. The van der Waals surface area contributed by atoms with Crippen LogP contribution in [0.2, 0.25) is 5.02 Å². The van der Waals surface area contributed by atoms with E-state index in [9.17, 15) is 19.8 Å². The van der Waals surface area contributed by atoms with Crippen molar-refractivity contribution >= 4 is 29.2 Å². The van der Waals surface area contributed by atoms with Crippen LogP contribution in [0.3, 0.4) is 0 Å². The molecule has 2 N–H and O–H groups in total. The number of aryl methyl sites for hydroxylation is 1. The molecule has 3 aliphatic rings. The normalized spacial score (nSPS) is 27.0. The van der Waals surface area contributed by atoms with Crippen LogP contribution < -0.4 is 9.64 Å². The number of anilines is 1. The van der Waals surface area contributed by atoms with E-state index in [0.717, 1.165) is 55.8 Å². The van der Waals surface area contributed by atoms with Crippen molar-refractivity contribution < 1.29 is 24.5 Å². The average molecular weight is 539 g/mol. The molecule has 0 aromatic heterocycles. The van der Waals surface area contributed by atoms with Crippen LogP contribution >= 0.6 is 11.6 Å². The van der Waals surface area contributed by atoms with E-state index in [0.29, 0.717) is 25.4 Å². The zero-order valence-corrected chi connectivity index (χ0v) is 22.5. The lowest BCUT2D eigenvalue weighted by Gasteiger charge is -2.41. The van der Waals surface area contributed by atoms with E-state index >= 15 is 0 Å². The maximum absolute atomic E-state index is 12.9. The zero-order chi connectivity index (χ0) is 26.9. The van der Waals surface area contributed by atoms with Gasteiger partial charge in [-0.25, -0.2) is 4.79 Å². The van der Waals surface area contributed by atoms with Crippen molar-refractivity contribution in [3.8, 4) is 5.75 Å². The number of likely N-dealkylation sites (N-methyl/N-ethyl adjacent to an activating group) is 1. The molecule has 1 amide bonds. The number of allylic oxidation sites excluding steroid dienone is 1. The van der Waals surface area contributed by atoms with Gasteiger partial charge < -0.3 is 24.7 Å². The third-order valence-corrected chi connectivity index (χ3v) is 8.53. The van der Waals surface area contributed by atoms with Gasteiger partial charge in [-0.2, -0.15) is 0 Å². The molecular formula is C30H35ClN2O5. The molecule has 0 saturated carbocycles. The lowest BCUT2D eigenvalue weighted by molar-refractivity contribution is -0.164. The van der Waals surface area contributed by atoms with Crippen LogP contribution in [-0.4, -0.2) is 60.3 Å². The number of benzene rings is 2. The van der Waals surface area contributed by atoms with E-state index in [1.807, 2.05) is 12.1 Å². The Balaban J connectivity index is 1.59. The highest BCUT2D eigenvalue weighted by molar-refractivity contribution is 6.30. The predicted octanol–water partition coefficient (Wildman–Crippen LogP) is 4.67. The van der Waals surface area contributed by atoms with Crippen LogP contribution in [0.15, 0.2) is 48.6 Å². The minimum Gasteiger partial charge on any atom is -0.490 e. The fourth-order valence-corrected chi connectivity index (χ4v) is 6.27. The highest BCUT2D eigenvalue weighted by Crippen LogP contribution is 2.45. The van der Waals surface area contributed by atoms with Crippen molar-refractivity contribution in [3.05, 3.63) is 70.3 Å². The maximum Gasteiger partial charge on any atom is 0.340 e. The third kappa shape index (κ3) is 5.02. The number of ether oxygens (including phenoxy) is 1. The van der Waals surface area contributed by atoms with Crippen LogP contribution in [-0.2, 0) is 27.0 Å². The fraction of sp³-hybridized carbons (Fsp3) is 0.467. The Morgan fingerprint density at radius 1 is 1.11 bits per heavy atom. The second-order valence-electron chi connectivity index (χ2n) is 10.9. The SMILES string of the molecule is CN1C/C=C/CCCCN2C[C@@]3(CCCc4cc(Cl)ccc43)COc3ccc(cc32)[C@](O)(C(=O)O)CC1=O. The minimum atomic E-state index is -2.35. The molecule has 1 aliphatic carbocycles. The first-order valence-corrected chi connectivity index (χ1v) is 13.8. The number of aliphatic hydroxyl groups is 1. The molecule has 8 heteroatoms. The number of aliphatic carboxylic acids is 1. The van der Waals surface area contributed by atoms with Crippen LogP contribution in [0.4, 0.5) is 5.69 Å². The van der Waals surface area contributed by atoms with E-state index in [1.54, 1.807) is 25.2 Å². The molecule has 2 aliphatic heterocycles. The Morgan fingerprint density at radius 2 is 1.95 bits per heavy atom. The zero-order valence-electron chi connectivity index (χ0n) is 21.8. The Hall–Kier alpha value is -3.03. The highest BCUT2D eigenvalue weighted by atomic mass is 35.5. The second kappa shape index (κ2) is 10.6. The lowest BCUT2D eigenvalue weighted by atomic mass is 9.70. The van der Waals surface area contributed by atoms with Crippen molar-refractivity contribution in [2.75, 3.05) is 38.2 Å². The number of fused-ring (bicyclic) bond motifs is 3. The van der Waals surface area contributed by atoms with Crippen LogP contribution in [0.1, 0.15) is 55.2 Å². The number of carboxylic acids is 1. The largest absolute Gasteiger partial charge is 0.490 e. The summed E-state index contributed by atoms with van der Waals surface area (Å²) < 4.78 is 6.45. The molecule has 202 valence electrons. The molecule has 2 heterocycles. The summed E-state index contributed by atoms with van der Waals surface area (Å²) in [5.74, 6) is -1.23. The number of carbonyl (C=O) groups excluding carboxylic acids is 1. The molecule has 0 fully saturated rings. The van der Waals surface area contributed by atoms with Gasteiger partial charge >= 0.3 is 5.97 Å². The lowest BCUT2D eigenvalue weighted by Crippen LogP contribution is -2.46. The Labute approximate surface area is 228 Å². The molecular weight excluding hydrogens is 504 g/mol. The monoisotopic (exact) mass is 538 g/mol. The Kier molecular flexibility index (Phi) is 7.43. The standard InChI is InChI=1S/C30H35ClN2O5/c1-32-14-5-3-2-4-6-15-33-19-29(13-7-8-21-16-23(31)10-11-24(21)29)20-38-26-12-9-22(17-25(26)33)30(37,28(35)36)18-27(32)34/h3,5,9-12,16-17,37H,2,4,6-8,13-15,18-20H2,1H3,(H,35,36)/b5-3+/t29-,30-/m0/s1. The first-order chi connectivity index (χ1) is 18.2. The summed E-state index contributed by atoms with van der Waals surface area (Å²) in [7, 11) is 1.62. The summed E-state index contributed by atoms with van der Waals surface area (Å²) in [6.07, 6.45) is 9.24. The summed E-state index contributed by atoms with van der Waals surface area (Å²) in [6, 6.07) is 11.2. The molecule has 2 bridgehead atoms. The number of amides is 1. The number of nitrogens with zero attached hydrogens (tertiary/aromatic N) is 2. The van der Waals surface area contributed by atoms with E-state index in [1.165, 1.54) is 16.0 Å². The number of carbonyl (C=O) groups is 2. The molecule has 0 unspecified atom stereocenters. The van der Waals surface area contributed by atoms with Gasteiger partial charge in [0.05, 0.1) is 18.7 Å². The highest BCUT2D eigenvalue weighted by Gasteiger charge is 2.44. The minimum absolute atomic E-state index is 0.177. The van der Waals surface area contributed by atoms with Gasteiger partial charge in [0, 0.05) is 37.1 Å². The van der Waals surface area contributed by atoms with Crippen LogP contribution in [0.5, 0.6) is 5.75 Å². The number of halogens is 1. The molecule has 0 saturated heterocycles. The molecule has 1 spiro atoms. The molecule has 2 aromatic rings. The first-order valence-electron chi connectivity index (χ1n) is 13.4. The average Bonchev–Trinajstić information content (AvgIpc) is 3.04. The smallest absolute Gasteiger partial charge is 0.340 e. The fourth-order valence-electron chi connectivity index (χ4n) is 6.08. The number of rotatable bonds is 1. The Morgan fingerprint density at radius 3 is 2.76 bits per heavy atom. The van der Waals surface area contributed by atoms with Gasteiger partial charge in [0.1, 0.15) is 5.75 Å². The summed E-state index contributed by atoms with van der Waals surface area (Å²) in [4.78, 5) is 29.0. The summed E-state index contributed by atoms with van der Waals surface area (Å²) >= 11 is 6.34. The second-order valence-corrected chi connectivity index (χ2v) is 11.3. The number of carboxylic acid groups (broad SMARTS) is 1. The number of hydrogen-bond acceptors (Lipinski definition) is 5. The van der Waals surface area contributed by atoms with Gasteiger partial charge in [-0.05, 0) is 79.5 Å². The molecule has 38 heavy (non-hydrogen) atoms. The summed E-state index contributed by atoms with van der Waals surface area (Å²) in [6.45, 7) is 2.34. The van der Waals surface area contributed by atoms with Gasteiger partial charge in [-0.15, -0.1) is 0 Å². The Bertz CT molecular complexity index is 1260. The van der Waals surface area contributed by atoms with Crippen LogP contribution in [0.25, 0.3) is 0 Å². The molecule has 0 radical (unpaired) electrons. The van der Waals surface area contributed by atoms with Crippen LogP contribution in [0, 0.1) is 0 Å². The van der Waals surface area contributed by atoms with E-state index in [-0.39, 0.29) is 11.0 Å². The maximum atomic E-state index is 12.9. The van der Waals surface area contributed by atoms with E-state index < -0.39 is 23.9 Å². The van der Waals surface area contributed by atoms with Gasteiger partial charge in [-0.1, -0.05) is 35.9 Å². The van der Waals surface area contributed by atoms with Gasteiger partial charge in [0.25, 0.3) is 0 Å². The van der Waals surface area contributed by atoms with Crippen molar-refractivity contribution in [1.82, 2.24) is 4.90 Å². The molecule has 7 nitrogen and oxygen atoms in total. The molecule has 2 atom stereocenters. The van der Waals surface area contributed by atoms with Crippen molar-refractivity contribution in [1.29, 1.82) is 0 Å². The van der Waals surface area contributed by atoms with Crippen molar-refractivity contribution in [2.45, 2.75) is 56.0 Å². The van der Waals surface area contributed by atoms with E-state index in [2.05, 4.69) is 23.1 Å². The number of hydrogen-bond donors (Lipinski definition) is 2. The predicted molar refractivity (Wildman–Crippen MR) is 147 cm³/mol. The molecule has 5 rings (SSSR count). The van der Waals surface area contributed by atoms with Crippen molar-refractivity contribution in [2.24, 2.45) is 0 Å². The van der Waals surface area contributed by atoms with Gasteiger partial charge in [0.15, 0.2) is 5.60 Å². The quantitative estimate of drug-likeness (QED) is 0.513. The summed E-state index contributed by atoms with van der Waals surface area (Å²) in [5, 5.41) is 22.2. The topological polar surface area (TPSA) is 90.3 Å².